The van der Waals surface area contributed by atoms with Crippen LogP contribution in [0.3, 0.4) is 0 Å². The molecule has 2 aromatic rings. The van der Waals surface area contributed by atoms with Crippen molar-refractivity contribution < 1.29 is 22.7 Å². The maximum absolute atomic E-state index is 13.2. The smallest absolute Gasteiger partial charge is 0.255 e. The predicted molar refractivity (Wildman–Crippen MR) is 128 cm³/mol. The van der Waals surface area contributed by atoms with Crippen molar-refractivity contribution in [2.24, 2.45) is 5.41 Å². The molecule has 0 radical (unpaired) electrons. The molecule has 0 aromatic heterocycles. The molecule has 1 aliphatic rings. The molecular formula is C24H31N3O5S. The SMILES string of the molecule is CCc1ccc(C(=O)Nc2ccc(NC(=O)C(C)(C)C)cc2)cc1S(=O)(=O)N1CCOCC1. The Morgan fingerprint density at radius 2 is 1.55 bits per heavy atom. The van der Waals surface area contributed by atoms with E-state index in [2.05, 4.69) is 10.6 Å². The van der Waals surface area contributed by atoms with Crippen molar-refractivity contribution in [3.05, 3.63) is 53.6 Å². The lowest BCUT2D eigenvalue weighted by molar-refractivity contribution is -0.123. The summed E-state index contributed by atoms with van der Waals surface area (Å²) in [5, 5.41) is 5.61. The van der Waals surface area contributed by atoms with Gasteiger partial charge in [0.2, 0.25) is 15.9 Å². The Kier molecular flexibility index (Phi) is 7.56. The van der Waals surface area contributed by atoms with Crippen LogP contribution >= 0.6 is 0 Å². The normalized spacial score (nSPS) is 15.2. The van der Waals surface area contributed by atoms with Crippen LogP contribution in [0.2, 0.25) is 0 Å². The highest BCUT2D eigenvalue weighted by Crippen LogP contribution is 2.24. The number of carbonyl (C=O) groups excluding carboxylic acids is 2. The molecule has 3 rings (SSSR count). The van der Waals surface area contributed by atoms with Crippen LogP contribution < -0.4 is 10.6 Å². The van der Waals surface area contributed by atoms with Crippen molar-refractivity contribution in [2.45, 2.75) is 39.0 Å². The van der Waals surface area contributed by atoms with E-state index >= 15 is 0 Å². The van der Waals surface area contributed by atoms with Crippen LogP contribution in [0.15, 0.2) is 47.4 Å². The van der Waals surface area contributed by atoms with Crippen molar-refractivity contribution >= 4 is 33.2 Å². The largest absolute Gasteiger partial charge is 0.379 e. The Labute approximate surface area is 195 Å². The van der Waals surface area contributed by atoms with E-state index in [1.165, 1.54) is 10.4 Å². The van der Waals surface area contributed by atoms with Gasteiger partial charge in [0.1, 0.15) is 0 Å². The molecule has 0 aliphatic carbocycles. The molecular weight excluding hydrogens is 442 g/mol. The average molecular weight is 474 g/mol. The first-order valence-electron chi connectivity index (χ1n) is 11.0. The van der Waals surface area contributed by atoms with Crippen molar-refractivity contribution in [1.82, 2.24) is 4.31 Å². The second kappa shape index (κ2) is 10.0. The molecule has 1 aliphatic heterocycles. The zero-order valence-corrected chi connectivity index (χ0v) is 20.3. The second-order valence-electron chi connectivity index (χ2n) is 8.93. The van der Waals surface area contributed by atoms with E-state index in [0.29, 0.717) is 49.7 Å². The van der Waals surface area contributed by atoms with E-state index in [9.17, 15) is 18.0 Å². The Morgan fingerprint density at radius 3 is 2.09 bits per heavy atom. The van der Waals surface area contributed by atoms with Gasteiger partial charge in [0, 0.05) is 35.4 Å². The van der Waals surface area contributed by atoms with Crippen LogP contribution in [0.5, 0.6) is 0 Å². The van der Waals surface area contributed by atoms with Gasteiger partial charge in [0.25, 0.3) is 5.91 Å². The number of aryl methyl sites for hydroxylation is 1. The summed E-state index contributed by atoms with van der Waals surface area (Å²) in [4.78, 5) is 25.1. The Balaban J connectivity index is 1.78. The van der Waals surface area contributed by atoms with Crippen LogP contribution in [-0.2, 0) is 26.0 Å². The maximum Gasteiger partial charge on any atom is 0.255 e. The summed E-state index contributed by atoms with van der Waals surface area (Å²) < 4.78 is 33.1. The number of anilines is 2. The zero-order chi connectivity index (χ0) is 24.2. The highest BCUT2D eigenvalue weighted by molar-refractivity contribution is 7.89. The number of nitrogens with zero attached hydrogens (tertiary/aromatic N) is 1. The van der Waals surface area contributed by atoms with Crippen LogP contribution in [0.25, 0.3) is 0 Å². The first kappa shape index (κ1) is 24.9. The molecule has 0 atom stereocenters. The fraction of sp³-hybridized carbons (Fsp3) is 0.417. The minimum atomic E-state index is -3.73. The predicted octanol–water partition coefficient (Wildman–Crippen LogP) is 3.51. The molecule has 33 heavy (non-hydrogen) atoms. The Morgan fingerprint density at radius 1 is 0.970 bits per heavy atom. The third kappa shape index (κ3) is 5.98. The number of nitrogens with one attached hydrogen (secondary N) is 2. The van der Waals surface area contributed by atoms with E-state index in [1.807, 2.05) is 27.7 Å². The summed E-state index contributed by atoms with van der Waals surface area (Å²) in [5.41, 5.74) is 1.56. The van der Waals surface area contributed by atoms with Crippen LogP contribution in [-0.4, -0.2) is 50.8 Å². The summed E-state index contributed by atoms with van der Waals surface area (Å²) in [6.45, 7) is 8.66. The lowest BCUT2D eigenvalue weighted by atomic mass is 9.95. The maximum atomic E-state index is 13.2. The molecule has 1 heterocycles. The number of hydrogen-bond donors (Lipinski definition) is 2. The summed E-state index contributed by atoms with van der Waals surface area (Å²) in [7, 11) is -3.73. The molecule has 1 fully saturated rings. The minimum Gasteiger partial charge on any atom is -0.379 e. The minimum absolute atomic E-state index is 0.107. The fourth-order valence-corrected chi connectivity index (χ4v) is 5.04. The van der Waals surface area contributed by atoms with E-state index in [4.69, 9.17) is 4.74 Å². The lowest BCUT2D eigenvalue weighted by Gasteiger charge is -2.27. The second-order valence-corrected chi connectivity index (χ2v) is 10.8. The zero-order valence-electron chi connectivity index (χ0n) is 19.5. The van der Waals surface area contributed by atoms with Crippen molar-refractivity contribution in [1.29, 1.82) is 0 Å². The van der Waals surface area contributed by atoms with Crippen molar-refractivity contribution in [3.8, 4) is 0 Å². The number of hydrogen-bond acceptors (Lipinski definition) is 5. The first-order chi connectivity index (χ1) is 15.5. The van der Waals surface area contributed by atoms with Crippen LogP contribution in [0.4, 0.5) is 11.4 Å². The van der Waals surface area contributed by atoms with E-state index in [0.717, 1.165) is 0 Å². The van der Waals surface area contributed by atoms with Crippen LogP contribution in [0, 0.1) is 5.41 Å². The molecule has 178 valence electrons. The molecule has 1 saturated heterocycles. The average Bonchev–Trinajstić information content (AvgIpc) is 2.79. The van der Waals surface area contributed by atoms with Gasteiger partial charge in [-0.2, -0.15) is 4.31 Å². The Bertz CT molecular complexity index is 1120. The molecule has 0 bridgehead atoms. The summed E-state index contributed by atoms with van der Waals surface area (Å²) in [6, 6.07) is 11.5. The van der Waals surface area contributed by atoms with Gasteiger partial charge in [-0.3, -0.25) is 9.59 Å². The highest BCUT2D eigenvalue weighted by atomic mass is 32.2. The summed E-state index contributed by atoms with van der Waals surface area (Å²) >= 11 is 0. The van der Waals surface area contributed by atoms with Crippen LogP contribution in [0.1, 0.15) is 43.6 Å². The monoisotopic (exact) mass is 473 g/mol. The van der Waals surface area contributed by atoms with Crippen molar-refractivity contribution in [2.75, 3.05) is 36.9 Å². The third-order valence-electron chi connectivity index (χ3n) is 5.38. The van der Waals surface area contributed by atoms with Gasteiger partial charge >= 0.3 is 0 Å². The number of ether oxygens (including phenoxy) is 1. The van der Waals surface area contributed by atoms with Crippen molar-refractivity contribution in [3.63, 3.8) is 0 Å². The van der Waals surface area contributed by atoms with E-state index in [-0.39, 0.29) is 16.4 Å². The number of rotatable bonds is 6. The molecule has 0 unspecified atom stereocenters. The quantitative estimate of drug-likeness (QED) is 0.668. The topological polar surface area (TPSA) is 105 Å². The Hall–Kier alpha value is -2.75. The van der Waals surface area contributed by atoms with Gasteiger partial charge < -0.3 is 15.4 Å². The molecule has 2 aromatic carbocycles. The summed E-state index contributed by atoms with van der Waals surface area (Å²) in [5.74, 6) is -0.521. The van der Waals surface area contributed by atoms with Gasteiger partial charge in [-0.15, -0.1) is 0 Å². The highest BCUT2D eigenvalue weighted by Gasteiger charge is 2.29. The van der Waals surface area contributed by atoms with Gasteiger partial charge in [0.05, 0.1) is 18.1 Å². The number of amides is 2. The van der Waals surface area contributed by atoms with Gasteiger partial charge in [-0.05, 0) is 48.4 Å². The third-order valence-corrected chi connectivity index (χ3v) is 7.36. The molecule has 9 heteroatoms. The molecule has 0 saturated carbocycles. The lowest BCUT2D eigenvalue weighted by Crippen LogP contribution is -2.41. The molecule has 8 nitrogen and oxygen atoms in total. The summed E-state index contributed by atoms with van der Waals surface area (Å²) in [6.07, 6.45) is 0.530. The first-order valence-corrected chi connectivity index (χ1v) is 12.4. The standard InChI is InChI=1S/C24H31N3O5S/c1-5-17-6-7-18(16-21(17)33(30,31)27-12-14-32-15-13-27)22(28)25-19-8-10-20(11-9-19)26-23(29)24(2,3)4/h6-11,16H,5,12-15H2,1-4H3,(H,25,28)(H,26,29). The number of carbonyl (C=O) groups is 2. The fourth-order valence-electron chi connectivity index (χ4n) is 3.31. The number of morpholine rings is 1. The van der Waals surface area contributed by atoms with Gasteiger partial charge in [-0.1, -0.05) is 33.8 Å². The van der Waals surface area contributed by atoms with E-state index in [1.54, 1.807) is 36.4 Å². The molecule has 0 spiro atoms. The van der Waals surface area contributed by atoms with Gasteiger partial charge in [-0.25, -0.2) is 8.42 Å². The molecule has 2 amide bonds. The number of benzene rings is 2. The molecule has 2 N–H and O–H groups in total. The number of sulfonamides is 1. The van der Waals surface area contributed by atoms with Gasteiger partial charge in [0.15, 0.2) is 0 Å². The van der Waals surface area contributed by atoms with E-state index < -0.39 is 21.3 Å².